The summed E-state index contributed by atoms with van der Waals surface area (Å²) >= 11 is 0. The van der Waals surface area contributed by atoms with Gasteiger partial charge in [-0.05, 0) is 44.6 Å². The molecule has 116 valence electrons. The Morgan fingerprint density at radius 1 is 1.15 bits per heavy atom. The van der Waals surface area contributed by atoms with Crippen LogP contribution in [0.4, 0.5) is 0 Å². The van der Waals surface area contributed by atoms with Crippen molar-refractivity contribution in [2.24, 2.45) is 11.7 Å². The highest BCUT2D eigenvalue weighted by atomic mass is 15.3. The monoisotopic (exact) mass is 279 g/mol. The first kappa shape index (κ1) is 14.8. The van der Waals surface area contributed by atoms with E-state index in [0.717, 1.165) is 24.5 Å². The number of fused-ring (bicyclic) bond motifs is 1. The Labute approximate surface area is 124 Å². The Bertz CT molecular complexity index is 324. The maximum atomic E-state index is 6.40. The fourth-order valence-electron chi connectivity index (χ4n) is 5.20. The summed E-state index contributed by atoms with van der Waals surface area (Å²) in [4.78, 5) is 5.62. The van der Waals surface area contributed by atoms with Crippen LogP contribution in [0.15, 0.2) is 0 Å². The average molecular weight is 279 g/mol. The SMILES string of the molecule is CC(C)CN(C1CCCC1)C1(CN)CCN2CCCC21. The molecule has 3 nitrogen and oxygen atoms in total. The third-order valence-corrected chi connectivity index (χ3v) is 6.07. The van der Waals surface area contributed by atoms with Crippen LogP contribution in [0, 0.1) is 5.92 Å². The molecule has 0 bridgehead atoms. The summed E-state index contributed by atoms with van der Waals surface area (Å²) in [6.45, 7) is 9.43. The molecule has 2 N–H and O–H groups in total. The van der Waals surface area contributed by atoms with E-state index >= 15 is 0 Å². The highest BCUT2D eigenvalue weighted by molar-refractivity contribution is 5.11. The Morgan fingerprint density at radius 3 is 2.55 bits per heavy atom. The van der Waals surface area contributed by atoms with Crippen molar-refractivity contribution >= 4 is 0 Å². The van der Waals surface area contributed by atoms with Crippen molar-refractivity contribution in [1.82, 2.24) is 9.80 Å². The zero-order valence-electron chi connectivity index (χ0n) is 13.5. The highest BCUT2D eigenvalue weighted by Gasteiger charge is 2.53. The third-order valence-electron chi connectivity index (χ3n) is 6.07. The molecule has 3 rings (SSSR count). The lowest BCUT2D eigenvalue weighted by molar-refractivity contribution is 0.0177. The van der Waals surface area contributed by atoms with Gasteiger partial charge in [0.05, 0.1) is 5.54 Å². The van der Waals surface area contributed by atoms with E-state index in [1.165, 1.54) is 64.6 Å². The van der Waals surface area contributed by atoms with E-state index < -0.39 is 0 Å². The Balaban J connectivity index is 1.86. The molecule has 0 spiro atoms. The minimum Gasteiger partial charge on any atom is -0.329 e. The quantitative estimate of drug-likeness (QED) is 0.839. The van der Waals surface area contributed by atoms with Gasteiger partial charge in [-0.2, -0.15) is 0 Å². The normalized spacial score (nSPS) is 35.5. The summed E-state index contributed by atoms with van der Waals surface area (Å²) in [6.07, 6.45) is 9.72. The summed E-state index contributed by atoms with van der Waals surface area (Å²) in [5.41, 5.74) is 6.69. The van der Waals surface area contributed by atoms with Crippen molar-refractivity contribution in [1.29, 1.82) is 0 Å². The van der Waals surface area contributed by atoms with Crippen molar-refractivity contribution in [3.8, 4) is 0 Å². The molecule has 3 fully saturated rings. The number of rotatable bonds is 5. The van der Waals surface area contributed by atoms with E-state index in [1.54, 1.807) is 0 Å². The molecule has 1 aliphatic carbocycles. The van der Waals surface area contributed by atoms with E-state index in [2.05, 4.69) is 23.6 Å². The zero-order valence-corrected chi connectivity index (χ0v) is 13.5. The van der Waals surface area contributed by atoms with Crippen molar-refractivity contribution in [2.45, 2.75) is 76.4 Å². The van der Waals surface area contributed by atoms with Crippen LogP contribution in [-0.4, -0.2) is 53.6 Å². The second kappa shape index (κ2) is 5.94. The molecular formula is C17H33N3. The van der Waals surface area contributed by atoms with Gasteiger partial charge in [0.1, 0.15) is 0 Å². The fourth-order valence-corrected chi connectivity index (χ4v) is 5.20. The molecule has 0 radical (unpaired) electrons. The van der Waals surface area contributed by atoms with Crippen molar-refractivity contribution in [3.05, 3.63) is 0 Å². The minimum absolute atomic E-state index is 0.287. The fraction of sp³-hybridized carbons (Fsp3) is 1.00. The molecule has 2 heterocycles. The van der Waals surface area contributed by atoms with Crippen LogP contribution in [0.2, 0.25) is 0 Å². The van der Waals surface area contributed by atoms with Gasteiger partial charge in [0.15, 0.2) is 0 Å². The lowest BCUT2D eigenvalue weighted by Crippen LogP contribution is -2.63. The molecule has 0 aromatic carbocycles. The van der Waals surface area contributed by atoms with Gasteiger partial charge in [-0.15, -0.1) is 0 Å². The Hall–Kier alpha value is -0.120. The average Bonchev–Trinajstić information content (AvgIpc) is 3.14. The second-order valence-corrected chi connectivity index (χ2v) is 7.74. The Morgan fingerprint density at radius 2 is 1.90 bits per heavy atom. The van der Waals surface area contributed by atoms with Gasteiger partial charge in [0.25, 0.3) is 0 Å². The first-order valence-electron chi connectivity index (χ1n) is 8.88. The van der Waals surface area contributed by atoms with Crippen LogP contribution < -0.4 is 5.73 Å². The molecule has 2 aliphatic heterocycles. The van der Waals surface area contributed by atoms with Crippen molar-refractivity contribution in [2.75, 3.05) is 26.2 Å². The minimum atomic E-state index is 0.287. The zero-order chi connectivity index (χ0) is 14.2. The molecule has 0 aromatic heterocycles. The second-order valence-electron chi connectivity index (χ2n) is 7.74. The predicted molar refractivity (Wildman–Crippen MR) is 84.8 cm³/mol. The lowest BCUT2D eigenvalue weighted by atomic mass is 9.84. The van der Waals surface area contributed by atoms with E-state index in [9.17, 15) is 0 Å². The molecule has 0 amide bonds. The van der Waals surface area contributed by atoms with Crippen LogP contribution in [0.3, 0.4) is 0 Å². The molecule has 3 aliphatic rings. The summed E-state index contributed by atoms with van der Waals surface area (Å²) in [5, 5.41) is 0. The van der Waals surface area contributed by atoms with Crippen LogP contribution in [0.1, 0.15) is 58.8 Å². The van der Waals surface area contributed by atoms with Crippen LogP contribution >= 0.6 is 0 Å². The van der Waals surface area contributed by atoms with Crippen molar-refractivity contribution in [3.63, 3.8) is 0 Å². The standard InChI is InChI=1S/C17H33N3/c1-14(2)12-20(15-6-3-4-7-15)17(13-18)9-11-19-10-5-8-16(17)19/h14-16H,3-13,18H2,1-2H3. The van der Waals surface area contributed by atoms with Gasteiger partial charge in [-0.1, -0.05) is 26.7 Å². The molecule has 2 saturated heterocycles. The summed E-state index contributed by atoms with van der Waals surface area (Å²) in [5.74, 6) is 0.745. The Kier molecular flexibility index (Phi) is 4.40. The summed E-state index contributed by atoms with van der Waals surface area (Å²) in [7, 11) is 0. The molecule has 2 atom stereocenters. The topological polar surface area (TPSA) is 32.5 Å². The molecule has 0 aromatic rings. The first-order valence-corrected chi connectivity index (χ1v) is 8.88. The third kappa shape index (κ3) is 2.42. The first-order chi connectivity index (χ1) is 9.67. The van der Waals surface area contributed by atoms with E-state index in [0.29, 0.717) is 0 Å². The van der Waals surface area contributed by atoms with E-state index in [4.69, 9.17) is 5.73 Å². The van der Waals surface area contributed by atoms with Crippen molar-refractivity contribution < 1.29 is 0 Å². The lowest BCUT2D eigenvalue weighted by Gasteiger charge is -2.48. The van der Waals surface area contributed by atoms with Gasteiger partial charge >= 0.3 is 0 Å². The molecule has 2 unspecified atom stereocenters. The van der Waals surface area contributed by atoms with Gasteiger partial charge in [0, 0.05) is 31.7 Å². The van der Waals surface area contributed by atoms with Gasteiger partial charge in [-0.25, -0.2) is 0 Å². The van der Waals surface area contributed by atoms with E-state index in [-0.39, 0.29) is 5.54 Å². The maximum Gasteiger partial charge on any atom is 0.0501 e. The highest BCUT2D eigenvalue weighted by Crippen LogP contribution is 2.43. The molecule has 3 heteroatoms. The summed E-state index contributed by atoms with van der Waals surface area (Å²) in [6, 6.07) is 1.55. The maximum absolute atomic E-state index is 6.40. The van der Waals surface area contributed by atoms with Crippen LogP contribution in [0.25, 0.3) is 0 Å². The smallest absolute Gasteiger partial charge is 0.0501 e. The molecular weight excluding hydrogens is 246 g/mol. The van der Waals surface area contributed by atoms with E-state index in [1.807, 2.05) is 0 Å². The summed E-state index contributed by atoms with van der Waals surface area (Å²) < 4.78 is 0. The van der Waals surface area contributed by atoms with Gasteiger partial charge in [-0.3, -0.25) is 9.80 Å². The number of nitrogens with two attached hydrogens (primary N) is 1. The number of nitrogens with zero attached hydrogens (tertiary/aromatic N) is 2. The van der Waals surface area contributed by atoms with Crippen LogP contribution in [0.5, 0.6) is 0 Å². The van der Waals surface area contributed by atoms with Gasteiger partial charge in [0.2, 0.25) is 0 Å². The largest absolute Gasteiger partial charge is 0.329 e. The molecule has 1 saturated carbocycles. The molecule has 20 heavy (non-hydrogen) atoms. The predicted octanol–water partition coefficient (Wildman–Crippen LogP) is 2.45. The van der Waals surface area contributed by atoms with Gasteiger partial charge < -0.3 is 5.73 Å². The number of hydrogen-bond acceptors (Lipinski definition) is 3. The van der Waals surface area contributed by atoms with Crippen LogP contribution in [-0.2, 0) is 0 Å². The number of hydrogen-bond donors (Lipinski definition) is 1.